The summed E-state index contributed by atoms with van der Waals surface area (Å²) in [6.07, 6.45) is 3.00. The maximum Gasteiger partial charge on any atom is 0.163 e. The van der Waals surface area contributed by atoms with Crippen molar-refractivity contribution in [2.45, 2.75) is 12.8 Å². The molecule has 3 heteroatoms. The van der Waals surface area contributed by atoms with Crippen molar-refractivity contribution in [3.63, 3.8) is 0 Å². The van der Waals surface area contributed by atoms with E-state index in [1.165, 1.54) is 12.1 Å². The third kappa shape index (κ3) is 2.02. The van der Waals surface area contributed by atoms with E-state index in [0.717, 1.165) is 16.0 Å². The second kappa shape index (κ2) is 4.50. The topological polar surface area (TPSA) is 17.1 Å². The highest BCUT2D eigenvalue weighted by molar-refractivity contribution is 7.11. The lowest BCUT2D eigenvalue weighted by molar-refractivity contribution is -0.113. The normalized spacial score (nSPS) is 16.9. The Morgan fingerprint density at radius 3 is 2.89 bits per heavy atom. The lowest BCUT2D eigenvalue weighted by Gasteiger charge is -2.17. The minimum atomic E-state index is -0.237. The first-order valence-corrected chi connectivity index (χ1v) is 6.69. The van der Waals surface area contributed by atoms with Crippen LogP contribution in [-0.4, -0.2) is 5.78 Å². The minimum Gasteiger partial charge on any atom is -0.294 e. The van der Waals surface area contributed by atoms with Crippen LogP contribution in [0.5, 0.6) is 0 Å². The molecule has 90 valence electrons. The Kier molecular flexibility index (Phi) is 2.84. The Bertz CT molecular complexity index is 626. The molecule has 1 aromatic carbocycles. The van der Waals surface area contributed by atoms with Crippen molar-refractivity contribution in [3.8, 4) is 0 Å². The van der Waals surface area contributed by atoms with Gasteiger partial charge in [0.15, 0.2) is 5.78 Å². The number of rotatable bonds is 1. The first kappa shape index (κ1) is 11.4. The van der Waals surface area contributed by atoms with Crippen LogP contribution in [0.2, 0.25) is 0 Å². The number of halogens is 1. The van der Waals surface area contributed by atoms with Crippen LogP contribution in [0.3, 0.4) is 0 Å². The number of hydrogen-bond acceptors (Lipinski definition) is 2. The third-order valence-electron chi connectivity index (χ3n) is 3.11. The maximum absolute atomic E-state index is 13.2. The molecule has 0 amide bonds. The highest BCUT2D eigenvalue weighted by Gasteiger charge is 2.21. The number of benzene rings is 1. The number of thiophene rings is 1. The molecule has 1 aliphatic carbocycles. The summed E-state index contributed by atoms with van der Waals surface area (Å²) in [6.45, 7) is 0. The third-order valence-corrected chi connectivity index (χ3v) is 3.93. The van der Waals surface area contributed by atoms with Crippen LogP contribution in [0.15, 0.2) is 35.7 Å². The van der Waals surface area contributed by atoms with Crippen LogP contribution in [0.1, 0.15) is 22.4 Å². The van der Waals surface area contributed by atoms with E-state index in [2.05, 4.69) is 0 Å². The fourth-order valence-electron chi connectivity index (χ4n) is 2.24. The van der Waals surface area contributed by atoms with E-state index in [-0.39, 0.29) is 11.6 Å². The van der Waals surface area contributed by atoms with Gasteiger partial charge < -0.3 is 0 Å². The Balaban J connectivity index is 2.13. The van der Waals surface area contributed by atoms with Crippen molar-refractivity contribution >= 4 is 28.8 Å². The van der Waals surface area contributed by atoms with Gasteiger partial charge in [0.2, 0.25) is 0 Å². The lowest BCUT2D eigenvalue weighted by atomic mass is 9.86. The molecular weight excluding hydrogens is 247 g/mol. The summed E-state index contributed by atoms with van der Waals surface area (Å²) in [6, 6.07) is 8.59. The van der Waals surface area contributed by atoms with E-state index in [1.807, 2.05) is 23.6 Å². The summed E-state index contributed by atoms with van der Waals surface area (Å²) >= 11 is 1.59. The van der Waals surface area contributed by atoms with E-state index in [0.29, 0.717) is 18.4 Å². The highest BCUT2D eigenvalue weighted by atomic mass is 32.1. The summed E-state index contributed by atoms with van der Waals surface area (Å²) in [4.78, 5) is 13.1. The fourth-order valence-corrected chi connectivity index (χ4v) is 2.90. The number of carbonyl (C=O) groups is 1. The van der Waals surface area contributed by atoms with Crippen LogP contribution >= 0.6 is 11.3 Å². The standard InChI is InChI=1S/C15H11FOS/c16-11-4-5-13-10(8-11)3-6-15(17)14(13)9-12-2-1-7-18-12/h1-2,4-5,7-9H,3,6H2/b14-9-. The summed E-state index contributed by atoms with van der Waals surface area (Å²) < 4.78 is 13.2. The van der Waals surface area contributed by atoms with Crippen LogP contribution in [0.4, 0.5) is 4.39 Å². The average Bonchev–Trinajstić information content (AvgIpc) is 2.86. The van der Waals surface area contributed by atoms with Gasteiger partial charge >= 0.3 is 0 Å². The molecule has 0 atom stereocenters. The van der Waals surface area contributed by atoms with Crippen molar-refractivity contribution in [1.29, 1.82) is 0 Å². The van der Waals surface area contributed by atoms with E-state index >= 15 is 0 Å². The van der Waals surface area contributed by atoms with Crippen molar-refractivity contribution in [2.24, 2.45) is 0 Å². The number of carbonyl (C=O) groups excluding carboxylic acids is 1. The predicted molar refractivity (Wildman–Crippen MR) is 71.9 cm³/mol. The van der Waals surface area contributed by atoms with Gasteiger partial charge in [0.25, 0.3) is 0 Å². The predicted octanol–water partition coefficient (Wildman–Crippen LogP) is 3.94. The number of ketones is 1. The zero-order valence-electron chi connectivity index (χ0n) is 9.65. The Labute approximate surface area is 109 Å². The molecule has 0 saturated heterocycles. The van der Waals surface area contributed by atoms with Crippen LogP contribution in [0.25, 0.3) is 11.6 Å². The van der Waals surface area contributed by atoms with Crippen molar-refractivity contribution < 1.29 is 9.18 Å². The molecule has 0 spiro atoms. The van der Waals surface area contributed by atoms with Crippen LogP contribution in [-0.2, 0) is 11.2 Å². The molecule has 3 rings (SSSR count). The number of allylic oxidation sites excluding steroid dienone is 1. The molecule has 0 unspecified atom stereocenters. The number of hydrogen-bond donors (Lipinski definition) is 0. The maximum atomic E-state index is 13.2. The Morgan fingerprint density at radius 1 is 1.22 bits per heavy atom. The molecule has 1 heterocycles. The molecule has 1 aromatic heterocycles. The fraction of sp³-hybridized carbons (Fsp3) is 0.133. The quantitative estimate of drug-likeness (QED) is 0.708. The first-order chi connectivity index (χ1) is 8.74. The molecular formula is C15H11FOS. The second-order valence-electron chi connectivity index (χ2n) is 4.30. The molecule has 0 bridgehead atoms. The summed E-state index contributed by atoms with van der Waals surface area (Å²) in [7, 11) is 0. The molecule has 2 aromatic rings. The molecule has 0 N–H and O–H groups in total. The lowest BCUT2D eigenvalue weighted by Crippen LogP contribution is -2.12. The van der Waals surface area contributed by atoms with Gasteiger partial charge in [-0.05, 0) is 47.2 Å². The van der Waals surface area contributed by atoms with E-state index < -0.39 is 0 Å². The second-order valence-corrected chi connectivity index (χ2v) is 5.28. The van der Waals surface area contributed by atoms with E-state index in [1.54, 1.807) is 17.4 Å². The number of aryl methyl sites for hydroxylation is 1. The zero-order chi connectivity index (χ0) is 12.5. The van der Waals surface area contributed by atoms with Gasteiger partial charge in [0, 0.05) is 16.9 Å². The van der Waals surface area contributed by atoms with Gasteiger partial charge in [-0.15, -0.1) is 11.3 Å². The highest BCUT2D eigenvalue weighted by Crippen LogP contribution is 2.31. The molecule has 1 aliphatic rings. The van der Waals surface area contributed by atoms with Crippen LogP contribution < -0.4 is 0 Å². The Hall–Kier alpha value is -1.74. The van der Waals surface area contributed by atoms with Gasteiger partial charge in [0.05, 0.1) is 0 Å². The summed E-state index contributed by atoms with van der Waals surface area (Å²) in [5.41, 5.74) is 2.51. The van der Waals surface area contributed by atoms with Crippen LogP contribution in [0, 0.1) is 5.82 Å². The Morgan fingerprint density at radius 2 is 2.11 bits per heavy atom. The largest absolute Gasteiger partial charge is 0.294 e. The first-order valence-electron chi connectivity index (χ1n) is 5.81. The minimum absolute atomic E-state index is 0.141. The van der Waals surface area contributed by atoms with Crippen molar-refractivity contribution in [2.75, 3.05) is 0 Å². The average molecular weight is 258 g/mol. The summed E-state index contributed by atoms with van der Waals surface area (Å²) in [5, 5.41) is 1.98. The van der Waals surface area contributed by atoms with Crippen molar-refractivity contribution in [1.82, 2.24) is 0 Å². The number of Topliss-reactive ketones (excluding diaryl/α,β-unsaturated/α-hetero) is 1. The molecule has 1 nitrogen and oxygen atoms in total. The molecule has 0 radical (unpaired) electrons. The summed E-state index contributed by atoms with van der Waals surface area (Å²) in [5.74, 6) is -0.0962. The SMILES string of the molecule is O=C1CCc2cc(F)ccc2/C1=C/c1cccs1. The molecule has 0 saturated carbocycles. The van der Waals surface area contributed by atoms with E-state index in [9.17, 15) is 9.18 Å². The van der Waals surface area contributed by atoms with Gasteiger partial charge in [-0.25, -0.2) is 4.39 Å². The monoisotopic (exact) mass is 258 g/mol. The van der Waals surface area contributed by atoms with Gasteiger partial charge in [-0.2, -0.15) is 0 Å². The molecule has 0 fully saturated rings. The van der Waals surface area contributed by atoms with Crippen molar-refractivity contribution in [3.05, 3.63) is 57.5 Å². The van der Waals surface area contributed by atoms with Gasteiger partial charge in [-0.3, -0.25) is 4.79 Å². The zero-order valence-corrected chi connectivity index (χ0v) is 10.5. The van der Waals surface area contributed by atoms with Gasteiger partial charge in [0.1, 0.15) is 5.82 Å². The van der Waals surface area contributed by atoms with Gasteiger partial charge in [-0.1, -0.05) is 12.1 Å². The smallest absolute Gasteiger partial charge is 0.163 e. The van der Waals surface area contributed by atoms with E-state index in [4.69, 9.17) is 0 Å². The number of fused-ring (bicyclic) bond motifs is 1. The molecule has 0 aliphatic heterocycles. The molecule has 18 heavy (non-hydrogen) atoms.